The van der Waals surface area contributed by atoms with E-state index in [1.807, 2.05) is 32.2 Å². The molecule has 0 saturated heterocycles. The first-order chi connectivity index (χ1) is 7.75. The van der Waals surface area contributed by atoms with Crippen molar-refractivity contribution in [2.45, 2.75) is 13.5 Å². The van der Waals surface area contributed by atoms with E-state index >= 15 is 0 Å². The predicted molar refractivity (Wildman–Crippen MR) is 66.4 cm³/mol. The van der Waals surface area contributed by atoms with Crippen LogP contribution in [0.25, 0.3) is 0 Å². The van der Waals surface area contributed by atoms with Crippen molar-refractivity contribution in [3.63, 3.8) is 0 Å². The fraction of sp³-hybridized carbons (Fsp3) is 0.214. The minimum atomic E-state index is 0.866. The molecule has 0 amide bonds. The van der Waals surface area contributed by atoms with Gasteiger partial charge in [0.15, 0.2) is 0 Å². The Morgan fingerprint density at radius 3 is 2.62 bits per heavy atom. The van der Waals surface area contributed by atoms with Crippen molar-refractivity contribution in [3.8, 4) is 0 Å². The zero-order valence-corrected chi connectivity index (χ0v) is 9.64. The molecule has 2 aromatic rings. The van der Waals surface area contributed by atoms with E-state index in [4.69, 9.17) is 0 Å². The lowest BCUT2D eigenvalue weighted by Gasteiger charge is -2.18. The zero-order valence-electron chi connectivity index (χ0n) is 9.64. The van der Waals surface area contributed by atoms with Crippen LogP contribution in [0.3, 0.4) is 0 Å². The summed E-state index contributed by atoms with van der Waals surface area (Å²) >= 11 is 0. The van der Waals surface area contributed by atoms with Crippen molar-refractivity contribution in [1.82, 2.24) is 4.98 Å². The van der Waals surface area contributed by atoms with Crippen molar-refractivity contribution in [3.05, 3.63) is 59.8 Å². The van der Waals surface area contributed by atoms with Crippen molar-refractivity contribution < 1.29 is 0 Å². The van der Waals surface area contributed by atoms with Gasteiger partial charge in [-0.05, 0) is 30.7 Å². The summed E-state index contributed by atoms with van der Waals surface area (Å²) in [6.07, 6.45) is 0. The Labute approximate surface area is 96.6 Å². The third-order valence-corrected chi connectivity index (χ3v) is 2.45. The molecule has 1 aromatic carbocycles. The Morgan fingerprint density at radius 1 is 1.19 bits per heavy atom. The highest BCUT2D eigenvalue weighted by atomic mass is 15.2. The first-order valence-electron chi connectivity index (χ1n) is 5.35. The van der Waals surface area contributed by atoms with Crippen LogP contribution in [0.15, 0.2) is 42.5 Å². The second kappa shape index (κ2) is 4.79. The van der Waals surface area contributed by atoms with E-state index in [1.165, 1.54) is 5.56 Å². The van der Waals surface area contributed by atoms with E-state index in [1.54, 1.807) is 0 Å². The van der Waals surface area contributed by atoms with E-state index in [9.17, 15) is 0 Å². The lowest BCUT2D eigenvalue weighted by atomic mass is 10.2. The Morgan fingerprint density at radius 2 is 1.94 bits per heavy atom. The summed E-state index contributed by atoms with van der Waals surface area (Å²) in [7, 11) is 2.04. The number of aromatic nitrogens is 1. The molecule has 0 atom stereocenters. The Kier molecular flexibility index (Phi) is 3.20. The largest absolute Gasteiger partial charge is 0.355 e. The Balaban J connectivity index is 2.12. The molecule has 2 nitrogen and oxygen atoms in total. The molecule has 2 rings (SSSR count). The van der Waals surface area contributed by atoms with Gasteiger partial charge >= 0.3 is 0 Å². The van der Waals surface area contributed by atoms with E-state index in [-0.39, 0.29) is 0 Å². The molecule has 0 aliphatic rings. The molecular weight excluding hydrogens is 196 g/mol. The molecule has 0 N–H and O–H groups in total. The summed E-state index contributed by atoms with van der Waals surface area (Å²) < 4.78 is 0. The van der Waals surface area contributed by atoms with E-state index in [2.05, 4.69) is 40.2 Å². The molecule has 0 saturated carbocycles. The van der Waals surface area contributed by atoms with Crippen LogP contribution in [0, 0.1) is 13.0 Å². The average molecular weight is 211 g/mol. The van der Waals surface area contributed by atoms with Gasteiger partial charge in [0.05, 0.1) is 0 Å². The minimum absolute atomic E-state index is 0.866. The van der Waals surface area contributed by atoms with Gasteiger partial charge in [-0.25, -0.2) is 4.98 Å². The minimum Gasteiger partial charge on any atom is -0.355 e. The van der Waals surface area contributed by atoms with Gasteiger partial charge in [-0.2, -0.15) is 0 Å². The van der Waals surface area contributed by atoms with Gasteiger partial charge in [-0.15, -0.1) is 0 Å². The molecule has 0 unspecified atom stereocenters. The van der Waals surface area contributed by atoms with Crippen LogP contribution in [0.1, 0.15) is 11.3 Å². The van der Waals surface area contributed by atoms with Gasteiger partial charge in [0.2, 0.25) is 0 Å². The van der Waals surface area contributed by atoms with Crippen LogP contribution in [-0.4, -0.2) is 12.0 Å². The number of hydrogen-bond donors (Lipinski definition) is 0. The molecule has 0 aliphatic heterocycles. The Bertz CT molecular complexity index is 451. The number of nitrogens with zero attached hydrogens (tertiary/aromatic N) is 2. The molecule has 0 aliphatic carbocycles. The third-order valence-electron chi connectivity index (χ3n) is 2.45. The van der Waals surface area contributed by atoms with E-state index in [0.29, 0.717) is 0 Å². The fourth-order valence-corrected chi connectivity index (χ4v) is 1.62. The topological polar surface area (TPSA) is 16.1 Å². The first kappa shape index (κ1) is 10.7. The number of benzene rings is 1. The molecule has 0 fully saturated rings. The summed E-state index contributed by atoms with van der Waals surface area (Å²) in [6, 6.07) is 17.3. The van der Waals surface area contributed by atoms with Crippen molar-refractivity contribution in [2.75, 3.05) is 11.9 Å². The lowest BCUT2D eigenvalue weighted by Crippen LogP contribution is -2.17. The normalized spacial score (nSPS) is 10.1. The molecule has 1 heterocycles. The highest BCUT2D eigenvalue weighted by Gasteiger charge is 2.02. The number of pyridine rings is 1. The first-order valence-corrected chi connectivity index (χ1v) is 5.35. The second-order valence-electron chi connectivity index (χ2n) is 3.91. The number of rotatable bonds is 3. The highest BCUT2D eigenvalue weighted by molar-refractivity contribution is 5.38. The third kappa shape index (κ3) is 2.60. The molecular formula is C14H15N2. The van der Waals surface area contributed by atoms with Crippen LogP contribution < -0.4 is 4.90 Å². The number of aryl methyl sites for hydroxylation is 1. The summed E-state index contributed by atoms with van der Waals surface area (Å²) in [5, 5.41) is 0. The fourth-order valence-electron chi connectivity index (χ4n) is 1.62. The van der Waals surface area contributed by atoms with Crippen LogP contribution in [0.2, 0.25) is 0 Å². The molecule has 1 aromatic heterocycles. The maximum atomic E-state index is 4.46. The Hall–Kier alpha value is -1.83. The van der Waals surface area contributed by atoms with Crippen molar-refractivity contribution in [2.24, 2.45) is 0 Å². The smallest absolute Gasteiger partial charge is 0.129 e. The van der Waals surface area contributed by atoms with Gasteiger partial charge in [0, 0.05) is 19.3 Å². The van der Waals surface area contributed by atoms with Crippen LogP contribution >= 0.6 is 0 Å². The second-order valence-corrected chi connectivity index (χ2v) is 3.91. The maximum Gasteiger partial charge on any atom is 0.129 e. The molecule has 2 heteroatoms. The standard InChI is InChI=1S/C14H15N2/c1-12-7-6-10-14(15-12)16(2)11-13-8-4-3-5-9-13/h3-5,7-10H,11H2,1-2H3. The van der Waals surface area contributed by atoms with Gasteiger partial charge in [0.25, 0.3) is 0 Å². The van der Waals surface area contributed by atoms with Gasteiger partial charge in [0.1, 0.15) is 5.82 Å². The van der Waals surface area contributed by atoms with Gasteiger partial charge < -0.3 is 4.90 Å². The van der Waals surface area contributed by atoms with Gasteiger partial charge in [-0.3, -0.25) is 0 Å². The zero-order chi connectivity index (χ0) is 11.4. The van der Waals surface area contributed by atoms with Crippen LogP contribution in [0.4, 0.5) is 5.82 Å². The maximum absolute atomic E-state index is 4.46. The molecule has 81 valence electrons. The van der Waals surface area contributed by atoms with Crippen molar-refractivity contribution >= 4 is 5.82 Å². The van der Waals surface area contributed by atoms with Crippen LogP contribution in [-0.2, 0) is 6.54 Å². The lowest BCUT2D eigenvalue weighted by molar-refractivity contribution is 0.892. The molecule has 16 heavy (non-hydrogen) atoms. The number of anilines is 1. The average Bonchev–Trinajstić information content (AvgIpc) is 2.30. The highest BCUT2D eigenvalue weighted by Crippen LogP contribution is 2.12. The summed E-state index contributed by atoms with van der Waals surface area (Å²) in [6.45, 7) is 2.85. The van der Waals surface area contributed by atoms with E-state index in [0.717, 1.165) is 18.1 Å². The summed E-state index contributed by atoms with van der Waals surface area (Å²) in [5.74, 6) is 0.962. The molecule has 1 radical (unpaired) electrons. The van der Waals surface area contributed by atoms with Crippen LogP contribution in [0.5, 0.6) is 0 Å². The SMILES string of the molecule is Cc1c[c]cc(N(C)Cc2ccccc2)n1. The summed E-state index contributed by atoms with van der Waals surface area (Å²) in [4.78, 5) is 6.59. The summed E-state index contributed by atoms with van der Waals surface area (Å²) in [5.41, 5.74) is 2.28. The van der Waals surface area contributed by atoms with Crippen molar-refractivity contribution in [1.29, 1.82) is 0 Å². The predicted octanol–water partition coefficient (Wildman–Crippen LogP) is 2.83. The number of hydrogen-bond acceptors (Lipinski definition) is 2. The van der Waals surface area contributed by atoms with E-state index < -0.39 is 0 Å². The monoisotopic (exact) mass is 211 g/mol. The quantitative estimate of drug-likeness (QED) is 0.776. The molecule has 0 bridgehead atoms. The van der Waals surface area contributed by atoms with Gasteiger partial charge in [-0.1, -0.05) is 30.3 Å². The molecule has 0 spiro atoms.